The van der Waals surface area contributed by atoms with Gasteiger partial charge in [0.15, 0.2) is 0 Å². The SMILES string of the molecule is CC(C)Oc1ncccc1CN1CCc2nc(C(C)C)ncc2C1. The zero-order valence-corrected chi connectivity index (χ0v) is 15.0. The maximum atomic E-state index is 5.84. The Bertz CT molecular complexity index is 700. The minimum atomic E-state index is 0.128. The van der Waals surface area contributed by atoms with E-state index in [1.165, 1.54) is 11.3 Å². The highest BCUT2D eigenvalue weighted by Gasteiger charge is 2.20. The van der Waals surface area contributed by atoms with E-state index >= 15 is 0 Å². The van der Waals surface area contributed by atoms with E-state index in [0.717, 1.165) is 43.3 Å². The van der Waals surface area contributed by atoms with Crippen LogP contribution in [0.2, 0.25) is 0 Å². The van der Waals surface area contributed by atoms with Crippen molar-refractivity contribution in [3.8, 4) is 5.88 Å². The first-order valence-corrected chi connectivity index (χ1v) is 8.70. The van der Waals surface area contributed by atoms with Gasteiger partial charge in [-0.1, -0.05) is 19.9 Å². The van der Waals surface area contributed by atoms with Gasteiger partial charge in [-0.25, -0.2) is 15.0 Å². The van der Waals surface area contributed by atoms with Crippen molar-refractivity contribution in [1.82, 2.24) is 19.9 Å². The quantitative estimate of drug-likeness (QED) is 0.843. The van der Waals surface area contributed by atoms with Crippen LogP contribution in [0.25, 0.3) is 0 Å². The van der Waals surface area contributed by atoms with Gasteiger partial charge in [-0.3, -0.25) is 4.90 Å². The van der Waals surface area contributed by atoms with Crippen LogP contribution in [0.1, 0.15) is 56.3 Å². The van der Waals surface area contributed by atoms with E-state index in [1.807, 2.05) is 26.1 Å². The molecule has 128 valence electrons. The van der Waals surface area contributed by atoms with Gasteiger partial charge in [0.1, 0.15) is 5.82 Å². The molecule has 0 spiro atoms. The topological polar surface area (TPSA) is 51.1 Å². The first-order chi connectivity index (χ1) is 11.5. The third-order valence-electron chi connectivity index (χ3n) is 4.14. The summed E-state index contributed by atoms with van der Waals surface area (Å²) in [6, 6.07) is 4.07. The van der Waals surface area contributed by atoms with Gasteiger partial charge in [0, 0.05) is 61.2 Å². The summed E-state index contributed by atoms with van der Waals surface area (Å²) in [7, 11) is 0. The Kier molecular flexibility index (Phi) is 5.09. The van der Waals surface area contributed by atoms with Crippen LogP contribution in [0, 0.1) is 0 Å². The maximum absolute atomic E-state index is 5.84. The number of fused-ring (bicyclic) bond motifs is 1. The molecule has 1 aliphatic rings. The lowest BCUT2D eigenvalue weighted by molar-refractivity contribution is 0.211. The number of hydrogen-bond donors (Lipinski definition) is 0. The minimum Gasteiger partial charge on any atom is -0.475 e. The van der Waals surface area contributed by atoms with Crippen LogP contribution in [0.15, 0.2) is 24.5 Å². The fraction of sp³-hybridized carbons (Fsp3) is 0.526. The fourth-order valence-corrected chi connectivity index (χ4v) is 2.92. The summed E-state index contributed by atoms with van der Waals surface area (Å²) in [5, 5.41) is 0. The summed E-state index contributed by atoms with van der Waals surface area (Å²) in [4.78, 5) is 16.0. The molecule has 0 unspecified atom stereocenters. The first kappa shape index (κ1) is 16.8. The molecule has 0 saturated heterocycles. The molecular weight excluding hydrogens is 300 g/mol. The summed E-state index contributed by atoms with van der Waals surface area (Å²) < 4.78 is 5.84. The monoisotopic (exact) mass is 326 g/mol. The smallest absolute Gasteiger partial charge is 0.218 e. The van der Waals surface area contributed by atoms with Gasteiger partial charge in [-0.15, -0.1) is 0 Å². The van der Waals surface area contributed by atoms with Crippen molar-refractivity contribution in [2.75, 3.05) is 6.54 Å². The van der Waals surface area contributed by atoms with E-state index in [0.29, 0.717) is 5.92 Å². The Hall–Kier alpha value is -2.01. The number of pyridine rings is 1. The van der Waals surface area contributed by atoms with Crippen molar-refractivity contribution in [2.45, 2.75) is 59.2 Å². The predicted molar refractivity (Wildman–Crippen MR) is 93.9 cm³/mol. The van der Waals surface area contributed by atoms with Crippen LogP contribution in [0.3, 0.4) is 0 Å². The highest BCUT2D eigenvalue weighted by atomic mass is 16.5. The van der Waals surface area contributed by atoms with Gasteiger partial charge in [0.2, 0.25) is 5.88 Å². The van der Waals surface area contributed by atoms with Crippen molar-refractivity contribution >= 4 is 0 Å². The highest BCUT2D eigenvalue weighted by molar-refractivity contribution is 5.27. The lowest BCUT2D eigenvalue weighted by Gasteiger charge is -2.28. The summed E-state index contributed by atoms with van der Waals surface area (Å²) in [5.74, 6) is 2.06. The van der Waals surface area contributed by atoms with Gasteiger partial charge < -0.3 is 4.74 Å². The molecule has 0 radical (unpaired) electrons. The van der Waals surface area contributed by atoms with E-state index in [4.69, 9.17) is 9.72 Å². The zero-order valence-electron chi connectivity index (χ0n) is 15.0. The molecule has 24 heavy (non-hydrogen) atoms. The molecule has 3 heterocycles. The number of rotatable bonds is 5. The van der Waals surface area contributed by atoms with Crippen molar-refractivity contribution in [1.29, 1.82) is 0 Å². The van der Waals surface area contributed by atoms with E-state index in [9.17, 15) is 0 Å². The van der Waals surface area contributed by atoms with Crippen LogP contribution >= 0.6 is 0 Å². The van der Waals surface area contributed by atoms with E-state index < -0.39 is 0 Å². The van der Waals surface area contributed by atoms with Gasteiger partial charge in [-0.2, -0.15) is 0 Å². The molecule has 0 fully saturated rings. The second kappa shape index (κ2) is 7.26. The van der Waals surface area contributed by atoms with Gasteiger partial charge in [0.25, 0.3) is 0 Å². The predicted octanol–water partition coefficient (Wildman–Crippen LogP) is 3.34. The molecule has 2 aromatic heterocycles. The normalized spacial score (nSPS) is 14.9. The molecule has 5 heteroatoms. The Labute approximate surface area is 144 Å². The average molecular weight is 326 g/mol. The molecule has 0 N–H and O–H groups in total. The summed E-state index contributed by atoms with van der Waals surface area (Å²) in [6.07, 6.45) is 4.88. The molecular formula is C19H26N4O. The van der Waals surface area contributed by atoms with Gasteiger partial charge >= 0.3 is 0 Å². The molecule has 0 aromatic carbocycles. The maximum Gasteiger partial charge on any atom is 0.218 e. The minimum absolute atomic E-state index is 0.128. The largest absolute Gasteiger partial charge is 0.475 e. The second-order valence-electron chi connectivity index (χ2n) is 6.95. The third kappa shape index (κ3) is 3.90. The lowest BCUT2D eigenvalue weighted by Crippen LogP contribution is -2.31. The van der Waals surface area contributed by atoms with E-state index in [-0.39, 0.29) is 6.10 Å². The molecule has 0 bridgehead atoms. The van der Waals surface area contributed by atoms with Gasteiger partial charge in [-0.05, 0) is 19.9 Å². The molecule has 5 nitrogen and oxygen atoms in total. The van der Waals surface area contributed by atoms with Gasteiger partial charge in [0.05, 0.1) is 6.10 Å². The molecule has 0 atom stereocenters. The second-order valence-corrected chi connectivity index (χ2v) is 6.95. The van der Waals surface area contributed by atoms with Crippen LogP contribution in [0.5, 0.6) is 5.88 Å². The zero-order chi connectivity index (χ0) is 17.1. The van der Waals surface area contributed by atoms with E-state index in [1.54, 1.807) is 6.20 Å². The first-order valence-electron chi connectivity index (χ1n) is 8.70. The van der Waals surface area contributed by atoms with Crippen molar-refractivity contribution in [2.24, 2.45) is 0 Å². The van der Waals surface area contributed by atoms with Crippen molar-refractivity contribution < 1.29 is 4.74 Å². The third-order valence-corrected chi connectivity index (χ3v) is 4.14. The van der Waals surface area contributed by atoms with Crippen molar-refractivity contribution in [3.63, 3.8) is 0 Å². The molecule has 1 aliphatic heterocycles. The number of nitrogens with zero attached hydrogens (tertiary/aromatic N) is 4. The molecule has 0 aliphatic carbocycles. The summed E-state index contributed by atoms with van der Waals surface area (Å²) >= 11 is 0. The Balaban J connectivity index is 1.73. The molecule has 0 saturated carbocycles. The fourth-order valence-electron chi connectivity index (χ4n) is 2.92. The van der Waals surface area contributed by atoms with Crippen LogP contribution in [0.4, 0.5) is 0 Å². The molecule has 2 aromatic rings. The Morgan fingerprint density at radius 3 is 2.79 bits per heavy atom. The van der Waals surface area contributed by atoms with Crippen LogP contribution in [-0.4, -0.2) is 32.5 Å². The molecule has 0 amide bonds. The number of hydrogen-bond acceptors (Lipinski definition) is 5. The summed E-state index contributed by atoms with van der Waals surface area (Å²) in [5.41, 5.74) is 3.57. The average Bonchev–Trinajstić information content (AvgIpc) is 2.55. The van der Waals surface area contributed by atoms with Crippen LogP contribution in [-0.2, 0) is 19.5 Å². The summed E-state index contributed by atoms with van der Waals surface area (Å²) in [6.45, 7) is 11.0. The lowest BCUT2D eigenvalue weighted by atomic mass is 10.1. The number of aromatic nitrogens is 3. The van der Waals surface area contributed by atoms with Crippen LogP contribution < -0.4 is 4.74 Å². The standard InChI is InChI=1S/C19H26N4O/c1-13(2)18-21-10-16-12-23(9-7-17(16)22-18)11-15-6-5-8-20-19(15)24-14(3)4/h5-6,8,10,13-14H,7,9,11-12H2,1-4H3. The molecule has 3 rings (SSSR count). The van der Waals surface area contributed by atoms with E-state index in [2.05, 4.69) is 34.8 Å². The Morgan fingerprint density at radius 1 is 1.21 bits per heavy atom. The highest BCUT2D eigenvalue weighted by Crippen LogP contribution is 2.23. The number of ether oxygens (including phenoxy) is 1. The Morgan fingerprint density at radius 2 is 2.04 bits per heavy atom. The van der Waals surface area contributed by atoms with Crippen molar-refractivity contribution in [3.05, 3.63) is 47.2 Å².